The fraction of sp³-hybridized carbons (Fsp3) is 0.769. The van der Waals surface area contributed by atoms with E-state index < -0.39 is 0 Å². The molecule has 1 aliphatic carbocycles. The summed E-state index contributed by atoms with van der Waals surface area (Å²) in [5, 5.41) is 14.6. The van der Waals surface area contributed by atoms with Gasteiger partial charge in [-0.1, -0.05) is 18.2 Å². The number of thioether (sulfide) groups is 1. The van der Waals surface area contributed by atoms with Crippen LogP contribution in [0.2, 0.25) is 0 Å². The van der Waals surface area contributed by atoms with Crippen molar-refractivity contribution >= 4 is 41.4 Å². The molecule has 0 bridgehead atoms. The number of amides is 1. The Hall–Kier alpha value is -0.610. The van der Waals surface area contributed by atoms with Gasteiger partial charge < -0.3 is 10.6 Å². The second-order valence-electron chi connectivity index (χ2n) is 5.11. The van der Waals surface area contributed by atoms with Crippen LogP contribution in [0.15, 0.2) is 10.2 Å². The van der Waals surface area contributed by atoms with Crippen LogP contribution in [0.25, 0.3) is 0 Å². The minimum absolute atomic E-state index is 0.0449. The van der Waals surface area contributed by atoms with Gasteiger partial charge in [-0.25, -0.2) is 0 Å². The van der Waals surface area contributed by atoms with E-state index >= 15 is 0 Å². The van der Waals surface area contributed by atoms with E-state index in [4.69, 9.17) is 5.84 Å². The van der Waals surface area contributed by atoms with Crippen LogP contribution in [0.4, 0.5) is 0 Å². The van der Waals surface area contributed by atoms with Gasteiger partial charge in [0.05, 0.1) is 11.8 Å². The number of rotatable bonds is 8. The molecule has 9 heteroatoms. The summed E-state index contributed by atoms with van der Waals surface area (Å²) in [5.41, 5.74) is 0. The Labute approximate surface area is 141 Å². The normalized spacial score (nSPS) is 22.6. The van der Waals surface area contributed by atoms with E-state index in [9.17, 15) is 4.79 Å². The van der Waals surface area contributed by atoms with E-state index in [-0.39, 0.29) is 5.91 Å². The first-order chi connectivity index (χ1) is 10.6. The minimum atomic E-state index is -0.0449. The maximum atomic E-state index is 11.0. The summed E-state index contributed by atoms with van der Waals surface area (Å²) in [4.78, 5) is 11.0. The van der Waals surface area contributed by atoms with Crippen molar-refractivity contribution in [2.24, 2.45) is 22.0 Å². The lowest BCUT2D eigenvalue weighted by Crippen LogP contribution is -2.41. The fourth-order valence-corrected chi connectivity index (χ4v) is 4.04. The molecular formula is C13H26N6OS2. The molecule has 126 valence electrons. The monoisotopic (exact) mass is 346 g/mol. The van der Waals surface area contributed by atoms with E-state index in [0.29, 0.717) is 17.8 Å². The van der Waals surface area contributed by atoms with Crippen molar-refractivity contribution in [2.75, 3.05) is 18.8 Å². The van der Waals surface area contributed by atoms with E-state index in [1.807, 2.05) is 11.5 Å². The first kappa shape index (κ1) is 19.4. The highest BCUT2D eigenvalue weighted by Gasteiger charge is 2.29. The highest BCUT2D eigenvalue weighted by Crippen LogP contribution is 2.32. The zero-order valence-corrected chi connectivity index (χ0v) is 14.9. The number of hydrogen-bond acceptors (Lipinski definition) is 8. The predicted molar refractivity (Wildman–Crippen MR) is 96.5 cm³/mol. The van der Waals surface area contributed by atoms with Crippen LogP contribution in [0.5, 0.6) is 0 Å². The maximum absolute atomic E-state index is 11.0. The molecule has 0 spiro atoms. The molecule has 1 fully saturated rings. The van der Waals surface area contributed by atoms with Crippen molar-refractivity contribution < 1.29 is 4.79 Å². The first-order valence-corrected chi connectivity index (χ1v) is 9.23. The van der Waals surface area contributed by atoms with Gasteiger partial charge in [0.25, 0.3) is 0 Å². The van der Waals surface area contributed by atoms with Crippen molar-refractivity contribution in [1.82, 2.24) is 15.0 Å². The Morgan fingerprint density at radius 2 is 2.23 bits per heavy atom. The van der Waals surface area contributed by atoms with Crippen molar-refractivity contribution in [2.45, 2.75) is 38.6 Å². The Bertz CT molecular complexity index is 393. The molecule has 1 aliphatic rings. The number of hydrogen-bond donors (Lipinski definition) is 3. The smallest absolute Gasteiger partial charge is 0.217 e. The topological polar surface area (TPSA) is 95.1 Å². The predicted octanol–water partition coefficient (Wildman–Crippen LogP) is 1.39. The Morgan fingerprint density at radius 3 is 2.86 bits per heavy atom. The van der Waals surface area contributed by atoms with Crippen LogP contribution in [0.1, 0.15) is 32.6 Å². The SMILES string of the molecule is C=N/N=C(\SCNC(C)=O)C1CCC[C@H](N(N)SCNC)C1. The third-order valence-corrected chi connectivity index (χ3v) is 5.44. The molecule has 22 heavy (non-hydrogen) atoms. The molecule has 1 rings (SSSR count). The summed E-state index contributed by atoms with van der Waals surface area (Å²) in [6, 6.07) is 0.327. The van der Waals surface area contributed by atoms with Gasteiger partial charge in [0.2, 0.25) is 5.91 Å². The minimum Gasteiger partial charge on any atom is -0.347 e. The number of nitrogens with one attached hydrogen (secondary N) is 2. The van der Waals surface area contributed by atoms with Gasteiger partial charge >= 0.3 is 0 Å². The molecule has 1 unspecified atom stereocenters. The third kappa shape index (κ3) is 7.10. The summed E-state index contributed by atoms with van der Waals surface area (Å²) in [5.74, 6) is 7.71. The molecular weight excluding hydrogens is 320 g/mol. The van der Waals surface area contributed by atoms with E-state index in [1.165, 1.54) is 18.7 Å². The largest absolute Gasteiger partial charge is 0.347 e. The molecule has 2 atom stereocenters. The molecule has 0 saturated heterocycles. The van der Waals surface area contributed by atoms with Crippen LogP contribution in [-0.4, -0.2) is 46.9 Å². The quantitative estimate of drug-likeness (QED) is 0.153. The standard InChI is InChI=1S/C13H26N6OS2/c1-10(20)17-9-21-13(18-16-3)11-5-4-6-12(7-11)19(14)22-8-15-2/h11-12,15H,3-9,14H2,1-2H3,(H,17,20)/b18-13-/t11?,12-/m0/s1. The summed E-state index contributed by atoms with van der Waals surface area (Å²) in [6.45, 7) is 4.95. The second kappa shape index (κ2) is 11.0. The van der Waals surface area contributed by atoms with E-state index in [2.05, 4.69) is 27.6 Å². The number of hydrazine groups is 1. The average Bonchev–Trinajstić information content (AvgIpc) is 2.51. The molecule has 1 amide bonds. The molecule has 0 radical (unpaired) electrons. The van der Waals surface area contributed by atoms with Crippen LogP contribution in [0, 0.1) is 5.92 Å². The number of carbonyl (C=O) groups is 1. The van der Waals surface area contributed by atoms with Gasteiger partial charge in [-0.15, -0.1) is 5.10 Å². The van der Waals surface area contributed by atoms with Crippen LogP contribution < -0.4 is 16.5 Å². The Balaban J connectivity index is 2.57. The van der Waals surface area contributed by atoms with Crippen molar-refractivity contribution in [3.05, 3.63) is 0 Å². The summed E-state index contributed by atoms with van der Waals surface area (Å²) in [7, 11) is 1.91. The summed E-state index contributed by atoms with van der Waals surface area (Å²) < 4.78 is 1.85. The zero-order chi connectivity index (χ0) is 16.4. The van der Waals surface area contributed by atoms with Gasteiger partial charge in [0.15, 0.2) is 0 Å². The van der Waals surface area contributed by atoms with Crippen LogP contribution in [-0.2, 0) is 4.79 Å². The molecule has 4 N–H and O–H groups in total. The van der Waals surface area contributed by atoms with Crippen molar-refractivity contribution in [1.29, 1.82) is 0 Å². The van der Waals surface area contributed by atoms with Gasteiger partial charge in [-0.3, -0.25) is 10.6 Å². The van der Waals surface area contributed by atoms with Crippen LogP contribution >= 0.6 is 23.7 Å². The lowest BCUT2D eigenvalue weighted by molar-refractivity contribution is -0.118. The van der Waals surface area contributed by atoms with Gasteiger partial charge in [-0.05, 0) is 38.3 Å². The summed E-state index contributed by atoms with van der Waals surface area (Å²) >= 11 is 3.11. The van der Waals surface area contributed by atoms with Crippen molar-refractivity contribution in [3.8, 4) is 0 Å². The summed E-state index contributed by atoms with van der Waals surface area (Å²) in [6.07, 6.45) is 4.23. The molecule has 0 aromatic carbocycles. The van der Waals surface area contributed by atoms with Crippen molar-refractivity contribution in [3.63, 3.8) is 0 Å². The Morgan fingerprint density at radius 1 is 1.45 bits per heavy atom. The van der Waals surface area contributed by atoms with E-state index in [1.54, 1.807) is 11.9 Å². The lowest BCUT2D eigenvalue weighted by atomic mass is 9.86. The molecule has 0 heterocycles. The molecule has 1 saturated carbocycles. The second-order valence-corrected chi connectivity index (χ2v) is 7.07. The van der Waals surface area contributed by atoms with Gasteiger partial charge in [-0.2, -0.15) is 9.52 Å². The molecule has 0 aromatic heterocycles. The van der Waals surface area contributed by atoms with Gasteiger partial charge in [0, 0.05) is 25.6 Å². The van der Waals surface area contributed by atoms with Gasteiger partial charge in [0.1, 0.15) is 5.04 Å². The van der Waals surface area contributed by atoms with E-state index in [0.717, 1.165) is 36.6 Å². The van der Waals surface area contributed by atoms with Crippen LogP contribution in [0.3, 0.4) is 0 Å². The molecule has 0 aliphatic heterocycles. The highest BCUT2D eigenvalue weighted by molar-refractivity contribution is 8.13. The first-order valence-electron chi connectivity index (χ1n) is 7.30. The average molecular weight is 347 g/mol. The third-order valence-electron chi connectivity index (χ3n) is 3.42. The fourth-order valence-electron chi connectivity index (χ4n) is 2.37. The molecule has 0 aromatic rings. The number of nitrogens with zero attached hydrogens (tertiary/aromatic N) is 3. The zero-order valence-electron chi connectivity index (χ0n) is 13.2. The molecule has 7 nitrogen and oxygen atoms in total. The lowest BCUT2D eigenvalue weighted by Gasteiger charge is -2.34. The maximum Gasteiger partial charge on any atom is 0.217 e. The number of carbonyl (C=O) groups excluding carboxylic acids is 1. The highest BCUT2D eigenvalue weighted by atomic mass is 32.2. The number of nitrogens with two attached hydrogens (primary N) is 1. The Kier molecular flexibility index (Phi) is 9.73.